The van der Waals surface area contributed by atoms with Crippen LogP contribution in [0.3, 0.4) is 0 Å². The summed E-state index contributed by atoms with van der Waals surface area (Å²) in [6.45, 7) is 3.70. The van der Waals surface area contributed by atoms with Gasteiger partial charge in [0.15, 0.2) is 0 Å². The minimum atomic E-state index is -0.531. The average molecular weight is 440 g/mol. The van der Waals surface area contributed by atoms with Crippen LogP contribution in [0.15, 0.2) is 35.2 Å². The molecule has 1 fully saturated rings. The molecule has 0 unspecified atom stereocenters. The molecule has 3 aromatic rings. The van der Waals surface area contributed by atoms with E-state index in [4.69, 9.17) is 0 Å². The molecule has 1 N–H and O–H groups in total. The lowest BCUT2D eigenvalue weighted by molar-refractivity contribution is -0.122. The van der Waals surface area contributed by atoms with Crippen molar-refractivity contribution in [1.29, 1.82) is 0 Å². The summed E-state index contributed by atoms with van der Waals surface area (Å²) in [7, 11) is 0. The molecule has 0 spiro atoms. The lowest BCUT2D eigenvalue weighted by atomic mass is 10.2. The summed E-state index contributed by atoms with van der Waals surface area (Å²) in [4.78, 5) is 46.7. The van der Waals surface area contributed by atoms with Gasteiger partial charge in [0.2, 0.25) is 5.82 Å². The Morgan fingerprint density at radius 2 is 1.94 bits per heavy atom. The highest BCUT2D eigenvalue weighted by Gasteiger charge is 2.34. The van der Waals surface area contributed by atoms with Crippen molar-refractivity contribution >= 4 is 40.7 Å². The summed E-state index contributed by atoms with van der Waals surface area (Å²) < 4.78 is 14.5. The van der Waals surface area contributed by atoms with Gasteiger partial charge in [0.25, 0.3) is 22.8 Å². The van der Waals surface area contributed by atoms with Crippen LogP contribution in [0.5, 0.6) is 0 Å². The zero-order valence-corrected chi connectivity index (χ0v) is 17.4. The van der Waals surface area contributed by atoms with Crippen LogP contribution in [0.1, 0.15) is 27.6 Å². The molecule has 11 heteroatoms. The third-order valence-corrected chi connectivity index (χ3v) is 5.39. The van der Waals surface area contributed by atoms with E-state index in [0.29, 0.717) is 11.3 Å². The van der Waals surface area contributed by atoms with Crippen LogP contribution in [0, 0.1) is 19.7 Å². The average Bonchev–Trinajstić information content (AvgIpc) is 3.26. The van der Waals surface area contributed by atoms with Crippen LogP contribution in [-0.2, 0) is 4.79 Å². The van der Waals surface area contributed by atoms with Crippen LogP contribution in [0.4, 0.5) is 9.18 Å². The van der Waals surface area contributed by atoms with Crippen molar-refractivity contribution in [1.82, 2.24) is 29.8 Å². The number of carbonyl (C=O) groups is 3. The molecule has 3 heterocycles. The number of nitrogens with zero attached hydrogens (tertiary/aromatic N) is 5. The first kappa shape index (κ1) is 20.7. The zero-order chi connectivity index (χ0) is 22.1. The fraction of sp³-hybridized carbons (Fsp3) is 0.200. The summed E-state index contributed by atoms with van der Waals surface area (Å²) in [6, 6.07) is 7.41. The molecule has 9 nitrogen and oxygen atoms in total. The summed E-state index contributed by atoms with van der Waals surface area (Å²) in [5.41, 5.74) is 2.16. The number of halogens is 1. The molecule has 1 aromatic carbocycles. The molecule has 0 atom stereocenters. The second kappa shape index (κ2) is 8.26. The van der Waals surface area contributed by atoms with E-state index in [1.165, 1.54) is 34.9 Å². The van der Waals surface area contributed by atoms with Crippen LogP contribution in [-0.4, -0.2) is 54.6 Å². The Balaban J connectivity index is 1.38. The van der Waals surface area contributed by atoms with Gasteiger partial charge in [-0.25, -0.2) is 13.9 Å². The molecule has 0 bridgehead atoms. The van der Waals surface area contributed by atoms with Gasteiger partial charge in [-0.1, -0.05) is 12.1 Å². The number of aryl methyl sites for hydroxylation is 2. The lowest BCUT2D eigenvalue weighted by Crippen LogP contribution is -2.37. The maximum Gasteiger partial charge on any atom is 0.293 e. The molecule has 1 aliphatic heterocycles. The van der Waals surface area contributed by atoms with Crippen molar-refractivity contribution in [2.75, 3.05) is 13.1 Å². The molecule has 1 saturated heterocycles. The van der Waals surface area contributed by atoms with Gasteiger partial charge in [0.05, 0.1) is 4.91 Å². The molecule has 4 rings (SSSR count). The molecule has 158 valence electrons. The SMILES string of the molecule is Cc1cc(C)n2nc(C(=O)NCCN3C(=O)S/C(=C\c4ccc(F)cc4)C3=O)nc2n1. The molecule has 1 aliphatic rings. The molecule has 0 saturated carbocycles. The maximum atomic E-state index is 13.0. The quantitative estimate of drug-likeness (QED) is 0.607. The van der Waals surface area contributed by atoms with Crippen molar-refractivity contribution in [2.45, 2.75) is 13.8 Å². The predicted octanol–water partition coefficient (Wildman–Crippen LogP) is 2.35. The van der Waals surface area contributed by atoms with Crippen molar-refractivity contribution < 1.29 is 18.8 Å². The summed E-state index contributed by atoms with van der Waals surface area (Å²) in [5, 5.41) is 6.32. The fourth-order valence-corrected chi connectivity index (χ4v) is 3.89. The lowest BCUT2D eigenvalue weighted by Gasteiger charge is -2.12. The minimum Gasteiger partial charge on any atom is -0.347 e. The number of hydrogen-bond acceptors (Lipinski definition) is 7. The Bertz CT molecular complexity index is 1240. The number of rotatable bonds is 5. The van der Waals surface area contributed by atoms with Crippen LogP contribution in [0.25, 0.3) is 11.9 Å². The number of imide groups is 1. The fourth-order valence-electron chi connectivity index (χ4n) is 3.03. The Kier molecular flexibility index (Phi) is 5.51. The number of nitrogens with one attached hydrogen (secondary N) is 1. The van der Waals surface area contributed by atoms with Gasteiger partial charge in [-0.3, -0.25) is 19.3 Å². The minimum absolute atomic E-state index is 0.000914. The molecule has 31 heavy (non-hydrogen) atoms. The van der Waals surface area contributed by atoms with Gasteiger partial charge in [-0.05, 0) is 55.4 Å². The summed E-state index contributed by atoms with van der Waals surface area (Å²) in [5.74, 6) is -1.11. The predicted molar refractivity (Wildman–Crippen MR) is 112 cm³/mol. The van der Waals surface area contributed by atoms with E-state index in [1.807, 2.05) is 19.9 Å². The van der Waals surface area contributed by atoms with E-state index < -0.39 is 17.1 Å². The number of thioether (sulfide) groups is 1. The van der Waals surface area contributed by atoms with Crippen LogP contribution in [0.2, 0.25) is 0 Å². The molecule has 0 aliphatic carbocycles. The first-order chi connectivity index (χ1) is 14.8. The monoisotopic (exact) mass is 440 g/mol. The van der Waals surface area contributed by atoms with E-state index in [1.54, 1.807) is 0 Å². The van der Waals surface area contributed by atoms with Gasteiger partial charge < -0.3 is 5.32 Å². The number of hydrogen-bond donors (Lipinski definition) is 1. The van der Waals surface area contributed by atoms with Gasteiger partial charge in [0.1, 0.15) is 5.82 Å². The second-order valence-corrected chi connectivity index (χ2v) is 7.82. The Hall–Kier alpha value is -3.60. The van der Waals surface area contributed by atoms with E-state index in [0.717, 1.165) is 28.0 Å². The number of amides is 3. The largest absolute Gasteiger partial charge is 0.347 e. The Labute approximate surface area is 180 Å². The highest BCUT2D eigenvalue weighted by molar-refractivity contribution is 8.18. The van der Waals surface area contributed by atoms with Crippen molar-refractivity contribution in [3.05, 3.63) is 63.8 Å². The van der Waals surface area contributed by atoms with Gasteiger partial charge >= 0.3 is 0 Å². The topological polar surface area (TPSA) is 110 Å². The second-order valence-electron chi connectivity index (χ2n) is 6.83. The highest BCUT2D eigenvalue weighted by Crippen LogP contribution is 2.31. The standard InChI is InChI=1S/C20H17FN6O3S/c1-11-9-12(2)27-19(23-11)24-16(25-27)17(28)22-7-8-26-18(29)15(31-20(26)30)10-13-3-5-14(21)6-4-13/h3-6,9-10H,7-8H2,1-2H3,(H,22,28)/b15-10-. The van der Waals surface area contributed by atoms with Gasteiger partial charge in [-0.2, -0.15) is 4.98 Å². The molecular formula is C20H17FN6O3S. The van der Waals surface area contributed by atoms with E-state index in [9.17, 15) is 18.8 Å². The number of fused-ring (bicyclic) bond motifs is 1. The normalized spacial score (nSPS) is 15.3. The number of carbonyl (C=O) groups excluding carboxylic acids is 3. The van der Waals surface area contributed by atoms with Crippen molar-refractivity contribution in [2.24, 2.45) is 0 Å². The summed E-state index contributed by atoms with van der Waals surface area (Å²) >= 11 is 0.798. The number of aromatic nitrogens is 4. The van der Waals surface area contributed by atoms with Gasteiger partial charge in [-0.15, -0.1) is 5.10 Å². The maximum absolute atomic E-state index is 13.0. The van der Waals surface area contributed by atoms with Crippen LogP contribution < -0.4 is 5.32 Å². The van der Waals surface area contributed by atoms with E-state index in [2.05, 4.69) is 20.4 Å². The smallest absolute Gasteiger partial charge is 0.293 e. The first-order valence-electron chi connectivity index (χ1n) is 9.32. The van der Waals surface area contributed by atoms with E-state index in [-0.39, 0.29) is 29.6 Å². The number of benzene rings is 1. The Morgan fingerprint density at radius 1 is 1.19 bits per heavy atom. The Morgan fingerprint density at radius 3 is 2.68 bits per heavy atom. The third kappa shape index (κ3) is 4.31. The van der Waals surface area contributed by atoms with Crippen LogP contribution >= 0.6 is 11.8 Å². The third-order valence-electron chi connectivity index (χ3n) is 4.48. The van der Waals surface area contributed by atoms with Crippen molar-refractivity contribution in [3.63, 3.8) is 0 Å². The van der Waals surface area contributed by atoms with Gasteiger partial charge in [0, 0.05) is 24.5 Å². The van der Waals surface area contributed by atoms with Crippen molar-refractivity contribution in [3.8, 4) is 0 Å². The van der Waals surface area contributed by atoms with E-state index >= 15 is 0 Å². The zero-order valence-electron chi connectivity index (χ0n) is 16.6. The molecule has 3 amide bonds. The first-order valence-corrected chi connectivity index (χ1v) is 10.1. The summed E-state index contributed by atoms with van der Waals surface area (Å²) in [6.07, 6.45) is 1.53. The molecular weight excluding hydrogens is 423 g/mol. The molecule has 0 radical (unpaired) electrons. The highest BCUT2D eigenvalue weighted by atomic mass is 32.2. The molecule has 2 aromatic heterocycles.